The van der Waals surface area contributed by atoms with Crippen molar-refractivity contribution in [3.05, 3.63) is 54.9 Å². The number of hydrogen-bond acceptors (Lipinski definition) is 5. The van der Waals surface area contributed by atoms with Gasteiger partial charge in [0.1, 0.15) is 17.1 Å². The summed E-state index contributed by atoms with van der Waals surface area (Å²) in [5.41, 5.74) is 8.93. The van der Waals surface area contributed by atoms with Gasteiger partial charge in [-0.25, -0.2) is 0 Å². The zero-order chi connectivity index (χ0) is 19.8. The number of hydrogen-bond donors (Lipinski definition) is 2. The highest BCUT2D eigenvalue weighted by Crippen LogP contribution is 2.38. The highest BCUT2D eigenvalue weighted by Gasteiger charge is 2.20. The molecule has 1 aliphatic carbocycles. The van der Waals surface area contributed by atoms with E-state index in [-0.39, 0.29) is 0 Å². The number of anilines is 1. The molecule has 2 aromatic heterocycles. The van der Waals surface area contributed by atoms with Crippen LogP contribution in [0.3, 0.4) is 0 Å². The van der Waals surface area contributed by atoms with Crippen molar-refractivity contribution in [1.82, 2.24) is 4.98 Å². The smallest absolute Gasteiger partial charge is 0.142 e. The predicted molar refractivity (Wildman–Crippen MR) is 117 cm³/mol. The van der Waals surface area contributed by atoms with E-state index in [1.54, 1.807) is 7.11 Å². The Kier molecular flexibility index (Phi) is 4.60. The molecule has 5 heteroatoms. The van der Waals surface area contributed by atoms with Gasteiger partial charge in [-0.15, -0.1) is 0 Å². The molecule has 4 aromatic rings. The Morgan fingerprint density at radius 1 is 1.03 bits per heavy atom. The lowest BCUT2D eigenvalue weighted by molar-refractivity contribution is 0.402. The minimum Gasteiger partial charge on any atom is -0.495 e. The van der Waals surface area contributed by atoms with Gasteiger partial charge < -0.3 is 20.2 Å². The van der Waals surface area contributed by atoms with Crippen LogP contribution in [0.2, 0.25) is 0 Å². The number of rotatable bonds is 4. The summed E-state index contributed by atoms with van der Waals surface area (Å²) in [6.45, 7) is 0. The van der Waals surface area contributed by atoms with Crippen LogP contribution in [-0.2, 0) is 0 Å². The number of furan rings is 1. The Morgan fingerprint density at radius 2 is 1.86 bits per heavy atom. The van der Waals surface area contributed by atoms with Crippen molar-refractivity contribution in [2.24, 2.45) is 5.73 Å². The van der Waals surface area contributed by atoms with Gasteiger partial charge in [-0.1, -0.05) is 18.2 Å². The highest BCUT2D eigenvalue weighted by atomic mass is 16.5. The van der Waals surface area contributed by atoms with Crippen LogP contribution in [0, 0.1) is 0 Å². The van der Waals surface area contributed by atoms with Crippen molar-refractivity contribution in [3.8, 4) is 17.1 Å². The summed E-state index contributed by atoms with van der Waals surface area (Å²) >= 11 is 0. The molecule has 1 fully saturated rings. The van der Waals surface area contributed by atoms with Crippen LogP contribution < -0.4 is 15.8 Å². The van der Waals surface area contributed by atoms with Gasteiger partial charge in [-0.2, -0.15) is 0 Å². The predicted octanol–water partition coefficient (Wildman–Crippen LogP) is 5.34. The standard InChI is InChI=1S/C24H25N3O2/c1-28-24-11-16-13-26-14-20(23-10-15-4-2-3-5-22(15)29-23)19(16)12-21(24)27-18-8-6-17(25)7-9-18/h2-5,10-14,17-18,27H,6-9,25H2,1H3/t17-,18-. The second-order valence-corrected chi connectivity index (χ2v) is 7.87. The maximum absolute atomic E-state index is 6.11. The first-order valence-electron chi connectivity index (χ1n) is 10.2. The Hall–Kier alpha value is -3.05. The summed E-state index contributed by atoms with van der Waals surface area (Å²) in [6, 6.07) is 15.1. The molecule has 0 bridgehead atoms. The topological polar surface area (TPSA) is 73.3 Å². The maximum Gasteiger partial charge on any atom is 0.142 e. The molecule has 0 radical (unpaired) electrons. The van der Waals surface area contributed by atoms with E-state index in [0.717, 1.165) is 70.2 Å². The molecule has 148 valence electrons. The number of nitrogens with two attached hydrogens (primary N) is 1. The summed E-state index contributed by atoms with van der Waals surface area (Å²) in [6.07, 6.45) is 8.01. The number of para-hydroxylation sites is 1. The van der Waals surface area contributed by atoms with Crippen LogP contribution in [-0.4, -0.2) is 24.2 Å². The molecular weight excluding hydrogens is 362 g/mol. The lowest BCUT2D eigenvalue weighted by Gasteiger charge is -2.28. The number of methoxy groups -OCH3 is 1. The van der Waals surface area contributed by atoms with E-state index in [1.165, 1.54) is 0 Å². The van der Waals surface area contributed by atoms with Gasteiger partial charge in [0.25, 0.3) is 0 Å². The van der Waals surface area contributed by atoms with Crippen LogP contribution in [0.15, 0.2) is 59.3 Å². The molecule has 29 heavy (non-hydrogen) atoms. The van der Waals surface area contributed by atoms with E-state index in [9.17, 15) is 0 Å². The fourth-order valence-corrected chi connectivity index (χ4v) is 4.27. The lowest BCUT2D eigenvalue weighted by atomic mass is 9.91. The second kappa shape index (κ2) is 7.41. The third kappa shape index (κ3) is 3.42. The molecule has 0 aliphatic heterocycles. The fourth-order valence-electron chi connectivity index (χ4n) is 4.27. The first-order valence-corrected chi connectivity index (χ1v) is 10.2. The van der Waals surface area contributed by atoms with Gasteiger partial charge in [0.2, 0.25) is 0 Å². The minimum absolute atomic E-state index is 0.331. The summed E-state index contributed by atoms with van der Waals surface area (Å²) in [7, 11) is 1.71. The molecule has 5 rings (SSSR count). The van der Waals surface area contributed by atoms with E-state index in [1.807, 2.05) is 36.7 Å². The first-order chi connectivity index (χ1) is 14.2. The monoisotopic (exact) mass is 387 g/mol. The molecule has 1 saturated carbocycles. The average Bonchev–Trinajstić information content (AvgIpc) is 3.18. The molecule has 3 N–H and O–H groups in total. The van der Waals surface area contributed by atoms with Crippen molar-refractivity contribution in [3.63, 3.8) is 0 Å². The van der Waals surface area contributed by atoms with Crippen molar-refractivity contribution in [2.45, 2.75) is 37.8 Å². The third-order valence-electron chi connectivity index (χ3n) is 5.90. The van der Waals surface area contributed by atoms with Gasteiger partial charge in [0.15, 0.2) is 0 Å². The summed E-state index contributed by atoms with van der Waals surface area (Å²) in [4.78, 5) is 4.44. The van der Waals surface area contributed by atoms with Gasteiger partial charge in [-0.05, 0) is 55.3 Å². The largest absolute Gasteiger partial charge is 0.495 e. The zero-order valence-corrected chi connectivity index (χ0v) is 16.5. The Bertz CT molecular complexity index is 1130. The van der Waals surface area contributed by atoms with Crippen LogP contribution in [0.5, 0.6) is 5.75 Å². The van der Waals surface area contributed by atoms with Crippen LogP contribution in [0.25, 0.3) is 33.1 Å². The van der Waals surface area contributed by atoms with Gasteiger partial charge >= 0.3 is 0 Å². The molecular formula is C24H25N3O2. The molecule has 2 aromatic carbocycles. The van der Waals surface area contributed by atoms with E-state index in [0.29, 0.717) is 12.1 Å². The number of benzene rings is 2. The number of nitrogens with zero attached hydrogens (tertiary/aromatic N) is 1. The summed E-state index contributed by atoms with van der Waals surface area (Å²) < 4.78 is 11.8. The van der Waals surface area contributed by atoms with Crippen LogP contribution in [0.4, 0.5) is 5.69 Å². The highest BCUT2D eigenvalue weighted by molar-refractivity contribution is 5.99. The van der Waals surface area contributed by atoms with Crippen molar-refractivity contribution < 1.29 is 9.15 Å². The quantitative estimate of drug-likeness (QED) is 0.494. The number of aromatic nitrogens is 1. The van der Waals surface area contributed by atoms with E-state index in [4.69, 9.17) is 14.9 Å². The Balaban J connectivity index is 1.58. The SMILES string of the molecule is COc1cc2cncc(-c3cc4ccccc4o3)c2cc1N[C@H]1CC[C@H](N)CC1. The van der Waals surface area contributed by atoms with Crippen LogP contribution in [0.1, 0.15) is 25.7 Å². The van der Waals surface area contributed by atoms with E-state index in [2.05, 4.69) is 28.5 Å². The second-order valence-electron chi connectivity index (χ2n) is 7.87. The average molecular weight is 387 g/mol. The van der Waals surface area contributed by atoms with Gasteiger partial charge in [0, 0.05) is 40.8 Å². The fraction of sp³-hybridized carbons (Fsp3) is 0.292. The molecule has 1 aliphatic rings. The third-order valence-corrected chi connectivity index (χ3v) is 5.90. The zero-order valence-electron chi connectivity index (χ0n) is 16.5. The molecule has 5 nitrogen and oxygen atoms in total. The van der Waals surface area contributed by atoms with Gasteiger partial charge in [-0.3, -0.25) is 4.98 Å². The van der Waals surface area contributed by atoms with Crippen molar-refractivity contribution >= 4 is 27.4 Å². The molecule has 0 spiro atoms. The minimum atomic E-state index is 0.331. The van der Waals surface area contributed by atoms with Crippen molar-refractivity contribution in [2.75, 3.05) is 12.4 Å². The number of fused-ring (bicyclic) bond motifs is 2. The normalized spacial score (nSPS) is 19.5. The summed E-state index contributed by atoms with van der Waals surface area (Å²) in [5.74, 6) is 1.65. The number of nitrogens with one attached hydrogen (secondary N) is 1. The van der Waals surface area contributed by atoms with Crippen LogP contribution >= 0.6 is 0 Å². The lowest BCUT2D eigenvalue weighted by Crippen LogP contribution is -2.32. The Morgan fingerprint density at radius 3 is 2.66 bits per heavy atom. The molecule has 0 atom stereocenters. The van der Waals surface area contributed by atoms with Crippen molar-refractivity contribution in [1.29, 1.82) is 0 Å². The molecule has 2 heterocycles. The first kappa shape index (κ1) is 18.0. The molecule has 0 amide bonds. The number of ether oxygens (including phenoxy) is 1. The number of pyridine rings is 1. The maximum atomic E-state index is 6.11. The summed E-state index contributed by atoms with van der Waals surface area (Å²) in [5, 5.41) is 6.89. The molecule has 0 saturated heterocycles. The molecule has 0 unspecified atom stereocenters. The van der Waals surface area contributed by atoms with E-state index < -0.39 is 0 Å². The van der Waals surface area contributed by atoms with E-state index >= 15 is 0 Å². The van der Waals surface area contributed by atoms with Gasteiger partial charge in [0.05, 0.1) is 12.8 Å². The Labute approximate surface area is 169 Å².